The quantitative estimate of drug-likeness (QED) is 0.689. The van der Waals surface area contributed by atoms with Crippen molar-refractivity contribution in [3.8, 4) is 11.5 Å². The molecule has 1 aliphatic rings. The highest BCUT2D eigenvalue weighted by molar-refractivity contribution is 7.16. The van der Waals surface area contributed by atoms with E-state index in [2.05, 4.69) is 20.9 Å². The molecule has 0 spiro atoms. The summed E-state index contributed by atoms with van der Waals surface area (Å²) in [7, 11) is 3.15. The molecule has 7 nitrogen and oxygen atoms in total. The van der Waals surface area contributed by atoms with Gasteiger partial charge in [0.1, 0.15) is 28.5 Å². The van der Waals surface area contributed by atoms with Crippen LogP contribution in [0.4, 0.5) is 5.82 Å². The van der Waals surface area contributed by atoms with Gasteiger partial charge in [0.15, 0.2) is 0 Å². The topological polar surface area (TPSA) is 67.8 Å². The number of hydrogen-bond acceptors (Lipinski definition) is 7. The molecule has 0 saturated carbocycles. The average molecular weight is 384 g/mol. The number of amides is 1. The van der Waals surface area contributed by atoms with Crippen LogP contribution in [0.3, 0.4) is 0 Å². The number of hydrogen-bond donors (Lipinski definition) is 0. The predicted molar refractivity (Wildman–Crippen MR) is 105 cm³/mol. The lowest BCUT2D eigenvalue weighted by atomic mass is 10.1. The zero-order valence-corrected chi connectivity index (χ0v) is 16.0. The van der Waals surface area contributed by atoms with Gasteiger partial charge in [-0.25, -0.2) is 9.97 Å². The highest BCUT2D eigenvalue weighted by Gasteiger charge is 2.26. The Morgan fingerprint density at radius 3 is 2.63 bits per heavy atom. The van der Waals surface area contributed by atoms with Crippen LogP contribution in [0.15, 0.2) is 36.0 Å². The minimum Gasteiger partial charge on any atom is -0.497 e. The van der Waals surface area contributed by atoms with Crippen molar-refractivity contribution in [3.63, 3.8) is 0 Å². The Kier molecular flexibility index (Phi) is 4.81. The van der Waals surface area contributed by atoms with Crippen LogP contribution in [0.25, 0.3) is 10.2 Å². The monoisotopic (exact) mass is 384 g/mol. The molecule has 1 fully saturated rings. The molecule has 1 aliphatic heterocycles. The first-order valence-electron chi connectivity index (χ1n) is 8.65. The van der Waals surface area contributed by atoms with Crippen molar-refractivity contribution in [1.29, 1.82) is 0 Å². The van der Waals surface area contributed by atoms with Crippen LogP contribution < -0.4 is 14.4 Å². The molecule has 0 radical (unpaired) electrons. The van der Waals surface area contributed by atoms with Gasteiger partial charge in [-0.15, -0.1) is 11.3 Å². The summed E-state index contributed by atoms with van der Waals surface area (Å²) in [6.45, 7) is 2.71. The second-order valence-electron chi connectivity index (χ2n) is 6.18. The summed E-state index contributed by atoms with van der Waals surface area (Å²) in [5.41, 5.74) is 0.550. The normalized spacial score (nSPS) is 14.4. The van der Waals surface area contributed by atoms with Gasteiger partial charge in [0.05, 0.1) is 25.2 Å². The van der Waals surface area contributed by atoms with Crippen molar-refractivity contribution in [3.05, 3.63) is 41.5 Å². The maximum atomic E-state index is 13.0. The molecular formula is C19H20N4O3S. The fraction of sp³-hybridized carbons (Fsp3) is 0.316. The van der Waals surface area contributed by atoms with Gasteiger partial charge in [0.25, 0.3) is 5.91 Å². The summed E-state index contributed by atoms with van der Waals surface area (Å²) >= 11 is 1.61. The predicted octanol–water partition coefficient (Wildman–Crippen LogP) is 2.67. The molecular weight excluding hydrogens is 364 g/mol. The first-order valence-corrected chi connectivity index (χ1v) is 9.53. The fourth-order valence-electron chi connectivity index (χ4n) is 3.30. The zero-order valence-electron chi connectivity index (χ0n) is 15.2. The number of anilines is 1. The van der Waals surface area contributed by atoms with Crippen LogP contribution in [0.1, 0.15) is 10.4 Å². The van der Waals surface area contributed by atoms with Crippen LogP contribution in [0.5, 0.6) is 11.5 Å². The van der Waals surface area contributed by atoms with E-state index in [4.69, 9.17) is 9.47 Å². The van der Waals surface area contributed by atoms with E-state index in [-0.39, 0.29) is 5.91 Å². The van der Waals surface area contributed by atoms with Crippen LogP contribution in [-0.2, 0) is 0 Å². The number of thiophene rings is 1. The largest absolute Gasteiger partial charge is 0.497 e. The smallest absolute Gasteiger partial charge is 0.257 e. The third-order valence-electron chi connectivity index (χ3n) is 4.75. The van der Waals surface area contributed by atoms with E-state index in [1.807, 2.05) is 10.3 Å². The molecule has 0 atom stereocenters. The van der Waals surface area contributed by atoms with Gasteiger partial charge < -0.3 is 19.3 Å². The Balaban J connectivity index is 1.49. The first-order chi connectivity index (χ1) is 13.2. The van der Waals surface area contributed by atoms with Crippen molar-refractivity contribution >= 4 is 33.3 Å². The summed E-state index contributed by atoms with van der Waals surface area (Å²) in [5, 5.41) is 3.09. The highest BCUT2D eigenvalue weighted by Crippen LogP contribution is 2.29. The number of aromatic nitrogens is 2. The average Bonchev–Trinajstić information content (AvgIpc) is 3.22. The summed E-state index contributed by atoms with van der Waals surface area (Å²) < 4.78 is 10.6. The number of rotatable bonds is 4. The molecule has 3 heterocycles. The second kappa shape index (κ2) is 7.40. The Bertz CT molecular complexity index is 966. The van der Waals surface area contributed by atoms with Crippen molar-refractivity contribution in [2.24, 2.45) is 0 Å². The van der Waals surface area contributed by atoms with Crippen LogP contribution in [0, 0.1) is 0 Å². The summed E-state index contributed by atoms with van der Waals surface area (Å²) in [5.74, 6) is 2.10. The van der Waals surface area contributed by atoms with Gasteiger partial charge in [0.2, 0.25) is 0 Å². The molecule has 2 aromatic heterocycles. The molecule has 140 valence electrons. The molecule has 1 saturated heterocycles. The number of carbonyl (C=O) groups is 1. The van der Waals surface area contributed by atoms with Crippen molar-refractivity contribution in [2.75, 3.05) is 45.3 Å². The molecule has 0 aliphatic carbocycles. The van der Waals surface area contributed by atoms with Gasteiger partial charge in [-0.05, 0) is 23.6 Å². The SMILES string of the molecule is COc1ccc(C(=O)N2CCN(c3ncnc4sccc34)CC2)c(OC)c1. The fourth-order valence-corrected chi connectivity index (χ4v) is 4.02. The van der Waals surface area contributed by atoms with Gasteiger partial charge in [-0.2, -0.15) is 0 Å². The lowest BCUT2D eigenvalue weighted by molar-refractivity contribution is 0.0743. The van der Waals surface area contributed by atoms with Crippen molar-refractivity contribution in [2.45, 2.75) is 0 Å². The number of piperazine rings is 1. The van der Waals surface area contributed by atoms with E-state index in [9.17, 15) is 4.79 Å². The molecule has 8 heteroatoms. The highest BCUT2D eigenvalue weighted by atomic mass is 32.1. The Hall–Kier alpha value is -2.87. The molecule has 0 bridgehead atoms. The third-order valence-corrected chi connectivity index (χ3v) is 5.57. The number of benzene rings is 1. The lowest BCUT2D eigenvalue weighted by Crippen LogP contribution is -2.49. The Morgan fingerprint density at radius 2 is 1.89 bits per heavy atom. The Labute approximate surface area is 161 Å². The van der Waals surface area contributed by atoms with Crippen molar-refractivity contribution in [1.82, 2.24) is 14.9 Å². The lowest BCUT2D eigenvalue weighted by Gasteiger charge is -2.35. The van der Waals surface area contributed by atoms with E-state index in [0.717, 1.165) is 29.1 Å². The molecule has 3 aromatic rings. The number of fused-ring (bicyclic) bond motifs is 1. The van der Waals surface area contributed by atoms with E-state index in [1.54, 1.807) is 50.1 Å². The maximum absolute atomic E-state index is 13.0. The number of ether oxygens (including phenoxy) is 2. The van der Waals surface area contributed by atoms with Gasteiger partial charge in [0, 0.05) is 32.2 Å². The second-order valence-corrected chi connectivity index (χ2v) is 7.08. The Morgan fingerprint density at radius 1 is 1.07 bits per heavy atom. The van der Waals surface area contributed by atoms with Gasteiger partial charge in [-0.3, -0.25) is 4.79 Å². The summed E-state index contributed by atoms with van der Waals surface area (Å²) in [6, 6.07) is 7.32. The van der Waals surface area contributed by atoms with E-state index in [0.29, 0.717) is 30.2 Å². The molecule has 0 unspecified atom stereocenters. The molecule has 4 rings (SSSR count). The molecule has 0 N–H and O–H groups in total. The van der Waals surface area contributed by atoms with E-state index >= 15 is 0 Å². The van der Waals surface area contributed by atoms with Crippen LogP contribution in [-0.4, -0.2) is 61.2 Å². The number of methoxy groups -OCH3 is 2. The molecule has 1 aromatic carbocycles. The zero-order chi connectivity index (χ0) is 18.8. The molecule has 27 heavy (non-hydrogen) atoms. The summed E-state index contributed by atoms with van der Waals surface area (Å²) in [6.07, 6.45) is 1.61. The number of carbonyl (C=O) groups excluding carboxylic acids is 1. The van der Waals surface area contributed by atoms with Gasteiger partial charge in [-0.1, -0.05) is 0 Å². The standard InChI is InChI=1S/C19H20N4O3S/c1-25-13-3-4-14(16(11-13)26-2)19(24)23-8-6-22(7-9-23)17-15-5-10-27-18(15)21-12-20-17/h3-5,10-12H,6-9H2,1-2H3. The first kappa shape index (κ1) is 17.5. The van der Waals surface area contributed by atoms with E-state index in [1.165, 1.54) is 0 Å². The minimum absolute atomic E-state index is 0.0301. The van der Waals surface area contributed by atoms with Gasteiger partial charge >= 0.3 is 0 Å². The van der Waals surface area contributed by atoms with Crippen LogP contribution in [0.2, 0.25) is 0 Å². The summed E-state index contributed by atoms with van der Waals surface area (Å²) in [4.78, 5) is 26.8. The van der Waals surface area contributed by atoms with Crippen molar-refractivity contribution < 1.29 is 14.3 Å². The third kappa shape index (κ3) is 3.28. The number of nitrogens with zero attached hydrogens (tertiary/aromatic N) is 4. The molecule has 1 amide bonds. The maximum Gasteiger partial charge on any atom is 0.257 e. The van der Waals surface area contributed by atoms with Crippen LogP contribution >= 0.6 is 11.3 Å². The van der Waals surface area contributed by atoms with E-state index < -0.39 is 0 Å². The minimum atomic E-state index is -0.0301.